The standard InChI is InChI=1S/C14H24N4O/c1-5-7-15-13-9-12(6-8-16-13)10-18(4)11-14(19)17(2)3/h6,8-9H,5,7,10-11H2,1-4H3,(H,15,16). The Labute approximate surface area is 115 Å². The number of hydrogen-bond donors (Lipinski definition) is 1. The van der Waals surface area contributed by atoms with Gasteiger partial charge in [-0.2, -0.15) is 0 Å². The van der Waals surface area contributed by atoms with E-state index in [0.29, 0.717) is 6.54 Å². The van der Waals surface area contributed by atoms with Crippen molar-refractivity contribution >= 4 is 11.7 Å². The van der Waals surface area contributed by atoms with Gasteiger partial charge in [0.15, 0.2) is 0 Å². The van der Waals surface area contributed by atoms with Gasteiger partial charge in [0.2, 0.25) is 5.91 Å². The molecule has 0 bridgehead atoms. The zero-order valence-electron chi connectivity index (χ0n) is 12.3. The fraction of sp³-hybridized carbons (Fsp3) is 0.571. The van der Waals surface area contributed by atoms with Crippen molar-refractivity contribution in [2.45, 2.75) is 19.9 Å². The highest BCUT2D eigenvalue weighted by molar-refractivity contribution is 5.77. The Morgan fingerprint density at radius 1 is 1.37 bits per heavy atom. The average Bonchev–Trinajstić information content (AvgIpc) is 2.36. The van der Waals surface area contributed by atoms with Gasteiger partial charge in [-0.05, 0) is 31.2 Å². The van der Waals surface area contributed by atoms with Crippen LogP contribution in [0.15, 0.2) is 18.3 Å². The summed E-state index contributed by atoms with van der Waals surface area (Å²) in [5.74, 6) is 1.01. The molecule has 1 aromatic heterocycles. The number of aromatic nitrogens is 1. The van der Waals surface area contributed by atoms with E-state index in [4.69, 9.17) is 0 Å². The molecule has 1 N–H and O–H groups in total. The third kappa shape index (κ3) is 5.70. The van der Waals surface area contributed by atoms with E-state index in [1.165, 1.54) is 0 Å². The summed E-state index contributed by atoms with van der Waals surface area (Å²) in [6.07, 6.45) is 2.87. The topological polar surface area (TPSA) is 48.5 Å². The summed E-state index contributed by atoms with van der Waals surface area (Å²) in [5.41, 5.74) is 1.16. The SMILES string of the molecule is CCCNc1cc(CN(C)CC(=O)N(C)C)ccn1. The fourth-order valence-corrected chi connectivity index (χ4v) is 1.66. The van der Waals surface area contributed by atoms with E-state index < -0.39 is 0 Å². The summed E-state index contributed by atoms with van der Waals surface area (Å²) >= 11 is 0. The van der Waals surface area contributed by atoms with Gasteiger partial charge in [0.05, 0.1) is 6.54 Å². The number of pyridine rings is 1. The van der Waals surface area contributed by atoms with Gasteiger partial charge in [-0.25, -0.2) is 4.98 Å². The molecule has 106 valence electrons. The number of hydrogen-bond acceptors (Lipinski definition) is 4. The van der Waals surface area contributed by atoms with Gasteiger partial charge in [0.25, 0.3) is 0 Å². The lowest BCUT2D eigenvalue weighted by molar-refractivity contribution is -0.129. The zero-order valence-corrected chi connectivity index (χ0v) is 12.3. The molecule has 5 nitrogen and oxygen atoms in total. The van der Waals surface area contributed by atoms with Crippen LogP contribution in [0.2, 0.25) is 0 Å². The summed E-state index contributed by atoms with van der Waals surface area (Å²) in [5, 5.41) is 3.26. The van der Waals surface area contributed by atoms with Gasteiger partial charge in [0.1, 0.15) is 5.82 Å². The highest BCUT2D eigenvalue weighted by Gasteiger charge is 2.09. The molecule has 0 aliphatic carbocycles. The van der Waals surface area contributed by atoms with Crippen LogP contribution in [-0.2, 0) is 11.3 Å². The molecule has 1 rings (SSSR count). The summed E-state index contributed by atoms with van der Waals surface area (Å²) in [7, 11) is 5.49. The first kappa shape index (κ1) is 15.4. The molecule has 0 saturated heterocycles. The summed E-state index contributed by atoms with van der Waals surface area (Å²) in [6, 6.07) is 4.01. The molecule has 5 heteroatoms. The number of likely N-dealkylation sites (N-methyl/N-ethyl adjacent to an activating group) is 2. The molecule has 0 spiro atoms. The summed E-state index contributed by atoms with van der Waals surface area (Å²) in [6.45, 7) is 4.21. The van der Waals surface area contributed by atoms with E-state index in [-0.39, 0.29) is 5.91 Å². The van der Waals surface area contributed by atoms with E-state index in [2.05, 4.69) is 17.2 Å². The zero-order chi connectivity index (χ0) is 14.3. The van der Waals surface area contributed by atoms with Crippen molar-refractivity contribution in [2.24, 2.45) is 0 Å². The normalized spacial score (nSPS) is 10.6. The molecule has 0 fully saturated rings. The van der Waals surface area contributed by atoms with E-state index in [0.717, 1.165) is 30.9 Å². The van der Waals surface area contributed by atoms with Gasteiger partial charge in [-0.15, -0.1) is 0 Å². The third-order valence-electron chi connectivity index (χ3n) is 2.74. The minimum atomic E-state index is 0.112. The van der Waals surface area contributed by atoms with Crippen LogP contribution in [-0.4, -0.2) is 54.9 Å². The highest BCUT2D eigenvalue weighted by atomic mass is 16.2. The largest absolute Gasteiger partial charge is 0.370 e. The molecule has 0 aliphatic heterocycles. The minimum Gasteiger partial charge on any atom is -0.370 e. The van der Waals surface area contributed by atoms with Crippen LogP contribution in [0.1, 0.15) is 18.9 Å². The van der Waals surface area contributed by atoms with Crippen LogP contribution >= 0.6 is 0 Å². The number of nitrogens with zero attached hydrogens (tertiary/aromatic N) is 3. The van der Waals surface area contributed by atoms with Crippen molar-refractivity contribution < 1.29 is 4.79 Å². The average molecular weight is 264 g/mol. The second-order valence-corrected chi connectivity index (χ2v) is 4.94. The smallest absolute Gasteiger partial charge is 0.236 e. The number of anilines is 1. The first-order chi connectivity index (χ1) is 9.02. The molecular weight excluding hydrogens is 240 g/mol. The van der Waals surface area contributed by atoms with Crippen molar-refractivity contribution in [1.29, 1.82) is 0 Å². The molecule has 0 saturated carbocycles. The van der Waals surface area contributed by atoms with Crippen LogP contribution in [0.4, 0.5) is 5.82 Å². The lowest BCUT2D eigenvalue weighted by Gasteiger charge is -2.19. The number of amides is 1. The predicted octanol–water partition coefficient (Wildman–Crippen LogP) is 1.42. The van der Waals surface area contributed by atoms with Crippen molar-refractivity contribution in [3.8, 4) is 0 Å². The molecule has 0 unspecified atom stereocenters. The Bertz CT molecular complexity index is 406. The Balaban J connectivity index is 2.54. The van der Waals surface area contributed by atoms with Crippen molar-refractivity contribution in [3.05, 3.63) is 23.9 Å². The molecule has 19 heavy (non-hydrogen) atoms. The lowest BCUT2D eigenvalue weighted by Crippen LogP contribution is -2.34. The predicted molar refractivity (Wildman–Crippen MR) is 78.0 cm³/mol. The number of carbonyl (C=O) groups excluding carboxylic acids is 1. The van der Waals surface area contributed by atoms with Crippen LogP contribution in [0.25, 0.3) is 0 Å². The number of nitrogens with one attached hydrogen (secondary N) is 1. The van der Waals surface area contributed by atoms with Crippen LogP contribution in [0.3, 0.4) is 0 Å². The quantitative estimate of drug-likeness (QED) is 0.809. The Morgan fingerprint density at radius 3 is 2.74 bits per heavy atom. The number of rotatable bonds is 7. The molecular formula is C14H24N4O. The van der Waals surface area contributed by atoms with E-state index in [9.17, 15) is 4.79 Å². The van der Waals surface area contributed by atoms with Gasteiger partial charge in [-0.1, -0.05) is 6.92 Å². The van der Waals surface area contributed by atoms with Gasteiger partial charge in [-0.3, -0.25) is 9.69 Å². The van der Waals surface area contributed by atoms with Crippen molar-refractivity contribution in [2.75, 3.05) is 39.5 Å². The Morgan fingerprint density at radius 2 is 2.11 bits per heavy atom. The fourth-order valence-electron chi connectivity index (χ4n) is 1.66. The summed E-state index contributed by atoms with van der Waals surface area (Å²) < 4.78 is 0. The second-order valence-electron chi connectivity index (χ2n) is 4.94. The Hall–Kier alpha value is -1.62. The van der Waals surface area contributed by atoms with Crippen molar-refractivity contribution in [1.82, 2.24) is 14.8 Å². The third-order valence-corrected chi connectivity index (χ3v) is 2.74. The molecule has 1 amide bonds. The van der Waals surface area contributed by atoms with Crippen molar-refractivity contribution in [3.63, 3.8) is 0 Å². The maximum atomic E-state index is 11.6. The van der Waals surface area contributed by atoms with Gasteiger partial charge >= 0.3 is 0 Å². The van der Waals surface area contributed by atoms with Gasteiger partial charge in [0, 0.05) is 33.4 Å². The first-order valence-corrected chi connectivity index (χ1v) is 6.60. The molecule has 0 aromatic carbocycles. The Kier molecular flexibility index (Phi) is 6.29. The maximum absolute atomic E-state index is 11.6. The maximum Gasteiger partial charge on any atom is 0.236 e. The van der Waals surface area contributed by atoms with E-state index in [1.807, 2.05) is 24.1 Å². The van der Waals surface area contributed by atoms with E-state index in [1.54, 1.807) is 25.2 Å². The molecule has 0 atom stereocenters. The molecule has 0 aliphatic rings. The first-order valence-electron chi connectivity index (χ1n) is 6.60. The monoisotopic (exact) mass is 264 g/mol. The second kappa shape index (κ2) is 7.74. The van der Waals surface area contributed by atoms with Gasteiger partial charge < -0.3 is 10.2 Å². The summed E-state index contributed by atoms with van der Waals surface area (Å²) in [4.78, 5) is 19.5. The highest BCUT2D eigenvalue weighted by Crippen LogP contribution is 2.09. The minimum absolute atomic E-state index is 0.112. The molecule has 1 heterocycles. The van der Waals surface area contributed by atoms with Crippen LogP contribution in [0, 0.1) is 0 Å². The lowest BCUT2D eigenvalue weighted by atomic mass is 10.2. The van der Waals surface area contributed by atoms with Crippen LogP contribution in [0.5, 0.6) is 0 Å². The van der Waals surface area contributed by atoms with Crippen LogP contribution < -0.4 is 5.32 Å². The van der Waals surface area contributed by atoms with E-state index >= 15 is 0 Å². The molecule has 1 aromatic rings. The molecule has 0 radical (unpaired) electrons. The number of carbonyl (C=O) groups is 1.